The van der Waals surface area contributed by atoms with Gasteiger partial charge in [0.05, 0.1) is 0 Å². The molecule has 0 aromatic carbocycles. The average molecular weight is 304 g/mol. The van der Waals surface area contributed by atoms with Crippen LogP contribution in [0.4, 0.5) is 0 Å². The smallest absolute Gasteiger partial charge is 0.244 e. The number of aryl methyl sites for hydroxylation is 1. The van der Waals surface area contributed by atoms with Gasteiger partial charge in [0, 0.05) is 16.3 Å². The number of amides is 1. The SMILES string of the molecule is Cc1ccc(C2NC3(CC3)C(=O)N2CC2(C(C)C)CC2)s1. The molecule has 0 bridgehead atoms. The molecule has 2 saturated carbocycles. The van der Waals surface area contributed by atoms with Crippen molar-refractivity contribution in [2.75, 3.05) is 6.54 Å². The zero-order valence-electron chi connectivity index (χ0n) is 13.1. The Hall–Kier alpha value is -0.870. The van der Waals surface area contributed by atoms with E-state index in [0.29, 0.717) is 17.2 Å². The summed E-state index contributed by atoms with van der Waals surface area (Å²) in [4.78, 5) is 17.7. The van der Waals surface area contributed by atoms with E-state index in [2.05, 4.69) is 43.1 Å². The van der Waals surface area contributed by atoms with Crippen LogP contribution in [0.1, 0.15) is 55.5 Å². The van der Waals surface area contributed by atoms with Crippen molar-refractivity contribution in [2.24, 2.45) is 11.3 Å². The first-order valence-corrected chi connectivity index (χ1v) is 8.93. The molecular weight excluding hydrogens is 280 g/mol. The Morgan fingerprint density at radius 2 is 2.05 bits per heavy atom. The molecule has 3 aliphatic rings. The van der Waals surface area contributed by atoms with E-state index >= 15 is 0 Å². The topological polar surface area (TPSA) is 32.3 Å². The lowest BCUT2D eigenvalue weighted by Crippen LogP contribution is -2.38. The molecule has 0 radical (unpaired) electrons. The minimum Gasteiger partial charge on any atom is -0.320 e. The summed E-state index contributed by atoms with van der Waals surface area (Å²) in [6.07, 6.45) is 4.68. The summed E-state index contributed by atoms with van der Waals surface area (Å²) in [7, 11) is 0. The summed E-state index contributed by atoms with van der Waals surface area (Å²) >= 11 is 1.82. The van der Waals surface area contributed by atoms with Crippen LogP contribution in [-0.4, -0.2) is 22.9 Å². The Morgan fingerprint density at radius 1 is 1.33 bits per heavy atom. The van der Waals surface area contributed by atoms with Gasteiger partial charge in [-0.25, -0.2) is 0 Å². The van der Waals surface area contributed by atoms with Crippen LogP contribution in [0.15, 0.2) is 12.1 Å². The van der Waals surface area contributed by atoms with E-state index in [-0.39, 0.29) is 11.7 Å². The third-order valence-corrected chi connectivity index (χ3v) is 6.83. The minimum atomic E-state index is -0.213. The highest BCUT2D eigenvalue weighted by Crippen LogP contribution is 2.55. The van der Waals surface area contributed by atoms with Gasteiger partial charge in [-0.05, 0) is 56.1 Å². The van der Waals surface area contributed by atoms with E-state index in [1.54, 1.807) is 0 Å². The Kier molecular flexibility index (Phi) is 2.84. The summed E-state index contributed by atoms with van der Waals surface area (Å²) in [6, 6.07) is 4.35. The Bertz CT molecular complexity index is 583. The molecule has 1 saturated heterocycles. The van der Waals surface area contributed by atoms with Crippen molar-refractivity contribution in [3.63, 3.8) is 0 Å². The van der Waals surface area contributed by atoms with Crippen molar-refractivity contribution >= 4 is 17.2 Å². The van der Waals surface area contributed by atoms with Gasteiger partial charge in [-0.3, -0.25) is 10.1 Å². The quantitative estimate of drug-likeness (QED) is 0.924. The molecule has 1 atom stereocenters. The first-order valence-electron chi connectivity index (χ1n) is 8.11. The molecule has 3 fully saturated rings. The zero-order chi connectivity index (χ0) is 14.8. The minimum absolute atomic E-state index is 0.106. The molecule has 2 aliphatic carbocycles. The highest BCUT2D eigenvalue weighted by molar-refractivity contribution is 7.12. The van der Waals surface area contributed by atoms with Crippen LogP contribution < -0.4 is 5.32 Å². The lowest BCUT2D eigenvalue weighted by Gasteiger charge is -2.30. The van der Waals surface area contributed by atoms with Crippen LogP contribution in [0.2, 0.25) is 0 Å². The van der Waals surface area contributed by atoms with Gasteiger partial charge in [0.25, 0.3) is 0 Å². The predicted molar refractivity (Wildman–Crippen MR) is 85.1 cm³/mol. The highest BCUT2D eigenvalue weighted by Gasteiger charge is 2.61. The number of nitrogens with zero attached hydrogens (tertiary/aromatic N) is 1. The fourth-order valence-electron chi connectivity index (χ4n) is 3.68. The Morgan fingerprint density at radius 3 is 2.52 bits per heavy atom. The molecule has 1 spiro atoms. The molecule has 1 N–H and O–H groups in total. The monoisotopic (exact) mass is 304 g/mol. The fraction of sp³-hybridized carbons (Fsp3) is 0.706. The second kappa shape index (κ2) is 4.32. The van der Waals surface area contributed by atoms with Gasteiger partial charge < -0.3 is 4.90 Å². The van der Waals surface area contributed by atoms with Crippen LogP contribution in [-0.2, 0) is 4.79 Å². The van der Waals surface area contributed by atoms with E-state index in [1.165, 1.54) is 22.6 Å². The largest absolute Gasteiger partial charge is 0.320 e. The van der Waals surface area contributed by atoms with Crippen molar-refractivity contribution in [1.29, 1.82) is 0 Å². The van der Waals surface area contributed by atoms with Gasteiger partial charge >= 0.3 is 0 Å². The van der Waals surface area contributed by atoms with Gasteiger partial charge in [-0.15, -0.1) is 11.3 Å². The number of carbonyl (C=O) groups excluding carboxylic acids is 1. The summed E-state index contributed by atoms with van der Waals surface area (Å²) in [6.45, 7) is 7.68. The molecule has 1 aromatic heterocycles. The predicted octanol–water partition coefficient (Wildman–Crippen LogP) is 3.46. The molecule has 1 aromatic rings. The van der Waals surface area contributed by atoms with Gasteiger partial charge in [0.15, 0.2) is 0 Å². The van der Waals surface area contributed by atoms with Crippen LogP contribution >= 0.6 is 11.3 Å². The molecule has 114 valence electrons. The van der Waals surface area contributed by atoms with E-state index in [9.17, 15) is 4.79 Å². The molecule has 1 unspecified atom stereocenters. The van der Waals surface area contributed by atoms with Gasteiger partial charge in [0.2, 0.25) is 5.91 Å². The number of thiophene rings is 1. The molecule has 3 nitrogen and oxygen atoms in total. The lowest BCUT2D eigenvalue weighted by molar-refractivity contribution is -0.131. The standard InChI is InChI=1S/C17H24N2OS/c1-11(2)16(6-7-16)10-19-14(13-5-4-12(3)21-13)18-17(8-9-17)15(19)20/h4-5,11,14,18H,6-10H2,1-3H3. The Balaban J connectivity index is 1.63. The fourth-order valence-corrected chi connectivity index (χ4v) is 4.62. The maximum absolute atomic E-state index is 12.9. The van der Waals surface area contributed by atoms with E-state index in [4.69, 9.17) is 0 Å². The summed E-state index contributed by atoms with van der Waals surface area (Å²) in [5, 5.41) is 3.65. The second-order valence-electron chi connectivity index (χ2n) is 7.53. The van der Waals surface area contributed by atoms with Crippen molar-refractivity contribution in [1.82, 2.24) is 10.2 Å². The first kappa shape index (κ1) is 13.8. The van der Waals surface area contributed by atoms with Crippen molar-refractivity contribution < 1.29 is 4.79 Å². The summed E-state index contributed by atoms with van der Waals surface area (Å²) in [5.41, 5.74) is 0.165. The number of rotatable bonds is 4. The Labute approximate surface area is 130 Å². The molecular formula is C17H24N2OS. The molecule has 21 heavy (non-hydrogen) atoms. The molecule has 1 amide bonds. The van der Waals surface area contributed by atoms with Crippen molar-refractivity contribution in [3.8, 4) is 0 Å². The lowest BCUT2D eigenvalue weighted by atomic mass is 9.91. The van der Waals surface area contributed by atoms with Crippen molar-refractivity contribution in [3.05, 3.63) is 21.9 Å². The van der Waals surface area contributed by atoms with Crippen LogP contribution in [0.25, 0.3) is 0 Å². The highest BCUT2D eigenvalue weighted by atomic mass is 32.1. The second-order valence-corrected chi connectivity index (χ2v) is 8.85. The van der Waals surface area contributed by atoms with E-state index in [0.717, 1.165) is 19.4 Å². The molecule has 4 rings (SSSR count). The summed E-state index contributed by atoms with van der Waals surface area (Å²) < 4.78 is 0. The number of carbonyl (C=O) groups is 1. The molecule has 4 heteroatoms. The van der Waals surface area contributed by atoms with Gasteiger partial charge in [-0.2, -0.15) is 0 Å². The first-order chi connectivity index (χ1) is 9.96. The maximum atomic E-state index is 12.9. The summed E-state index contributed by atoms with van der Waals surface area (Å²) in [5.74, 6) is 1.01. The molecule has 1 aliphatic heterocycles. The van der Waals surface area contributed by atoms with Crippen LogP contribution in [0.5, 0.6) is 0 Å². The van der Waals surface area contributed by atoms with Gasteiger partial charge in [-0.1, -0.05) is 13.8 Å². The van der Waals surface area contributed by atoms with Crippen LogP contribution in [0.3, 0.4) is 0 Å². The molecule has 2 heterocycles. The van der Waals surface area contributed by atoms with E-state index < -0.39 is 0 Å². The zero-order valence-corrected chi connectivity index (χ0v) is 13.9. The number of hydrogen-bond donors (Lipinski definition) is 1. The third-order valence-electron chi connectivity index (χ3n) is 5.78. The van der Waals surface area contributed by atoms with Crippen molar-refractivity contribution in [2.45, 2.75) is 58.2 Å². The van der Waals surface area contributed by atoms with E-state index in [1.807, 2.05) is 11.3 Å². The maximum Gasteiger partial charge on any atom is 0.244 e. The number of hydrogen-bond acceptors (Lipinski definition) is 3. The third kappa shape index (κ3) is 2.07. The van der Waals surface area contributed by atoms with Gasteiger partial charge in [0.1, 0.15) is 11.7 Å². The normalized spacial score (nSPS) is 28.7. The number of nitrogens with one attached hydrogen (secondary N) is 1. The van der Waals surface area contributed by atoms with Crippen LogP contribution in [0, 0.1) is 18.3 Å². The average Bonchev–Trinajstić information content (AvgIpc) is 3.32.